The average molecular weight is 288 g/mol. The molecule has 0 radical (unpaired) electrons. The molecule has 0 aliphatic carbocycles. The van der Waals surface area contributed by atoms with Gasteiger partial charge in [-0.15, -0.1) is 0 Å². The van der Waals surface area contributed by atoms with Crippen LogP contribution in [-0.2, 0) is 6.54 Å². The van der Waals surface area contributed by atoms with Crippen molar-refractivity contribution in [1.29, 1.82) is 0 Å². The summed E-state index contributed by atoms with van der Waals surface area (Å²) in [5, 5.41) is 4.24. The SMILES string of the molecule is Cc1ccc(-c2ccc(Cl)c(CNC(C)C)c2)cc1C. The van der Waals surface area contributed by atoms with Gasteiger partial charge in [0.25, 0.3) is 0 Å². The first-order valence-electron chi connectivity index (χ1n) is 7.07. The number of hydrogen-bond donors (Lipinski definition) is 1. The van der Waals surface area contributed by atoms with E-state index in [0.717, 1.165) is 17.1 Å². The van der Waals surface area contributed by atoms with Crippen LogP contribution in [0.25, 0.3) is 11.1 Å². The predicted molar refractivity (Wildman–Crippen MR) is 88.3 cm³/mol. The number of nitrogens with one attached hydrogen (secondary N) is 1. The highest BCUT2D eigenvalue weighted by molar-refractivity contribution is 6.31. The van der Waals surface area contributed by atoms with Gasteiger partial charge in [-0.3, -0.25) is 0 Å². The molecule has 0 amide bonds. The highest BCUT2D eigenvalue weighted by Crippen LogP contribution is 2.26. The lowest BCUT2D eigenvalue weighted by atomic mass is 9.99. The van der Waals surface area contributed by atoms with Crippen LogP contribution in [0.1, 0.15) is 30.5 Å². The van der Waals surface area contributed by atoms with E-state index in [9.17, 15) is 0 Å². The minimum absolute atomic E-state index is 0.455. The molecule has 0 spiro atoms. The fraction of sp³-hybridized carbons (Fsp3) is 0.333. The van der Waals surface area contributed by atoms with Gasteiger partial charge in [-0.25, -0.2) is 0 Å². The molecule has 1 nitrogen and oxygen atoms in total. The molecule has 2 aromatic rings. The molecular formula is C18H22ClN. The molecule has 1 N–H and O–H groups in total. The summed E-state index contributed by atoms with van der Waals surface area (Å²) in [6.07, 6.45) is 0. The Labute approximate surface area is 127 Å². The Morgan fingerprint density at radius 3 is 2.25 bits per heavy atom. The quantitative estimate of drug-likeness (QED) is 0.823. The number of hydrogen-bond acceptors (Lipinski definition) is 1. The molecule has 2 heteroatoms. The lowest BCUT2D eigenvalue weighted by molar-refractivity contribution is 0.589. The van der Waals surface area contributed by atoms with E-state index in [1.165, 1.54) is 22.3 Å². The zero-order chi connectivity index (χ0) is 14.7. The molecule has 20 heavy (non-hydrogen) atoms. The van der Waals surface area contributed by atoms with Crippen molar-refractivity contribution in [2.75, 3.05) is 0 Å². The van der Waals surface area contributed by atoms with Crippen molar-refractivity contribution in [2.24, 2.45) is 0 Å². The summed E-state index contributed by atoms with van der Waals surface area (Å²) in [5.41, 5.74) is 6.26. The van der Waals surface area contributed by atoms with Crippen LogP contribution in [0.4, 0.5) is 0 Å². The van der Waals surface area contributed by atoms with E-state index in [1.54, 1.807) is 0 Å². The minimum Gasteiger partial charge on any atom is -0.310 e. The van der Waals surface area contributed by atoms with Crippen LogP contribution in [0, 0.1) is 13.8 Å². The van der Waals surface area contributed by atoms with E-state index < -0.39 is 0 Å². The smallest absolute Gasteiger partial charge is 0.0451 e. The molecule has 0 heterocycles. The third-order valence-corrected chi connectivity index (χ3v) is 3.96. The van der Waals surface area contributed by atoms with Gasteiger partial charge in [0.15, 0.2) is 0 Å². The summed E-state index contributed by atoms with van der Waals surface area (Å²) in [4.78, 5) is 0. The topological polar surface area (TPSA) is 12.0 Å². The summed E-state index contributed by atoms with van der Waals surface area (Å²) in [5.74, 6) is 0. The minimum atomic E-state index is 0.455. The molecule has 2 aromatic carbocycles. The van der Waals surface area contributed by atoms with Crippen LogP contribution < -0.4 is 5.32 Å². The molecule has 0 aliphatic rings. The molecule has 0 atom stereocenters. The van der Waals surface area contributed by atoms with E-state index >= 15 is 0 Å². The van der Waals surface area contributed by atoms with Gasteiger partial charge in [-0.05, 0) is 53.8 Å². The zero-order valence-electron chi connectivity index (χ0n) is 12.6. The van der Waals surface area contributed by atoms with Crippen LogP contribution in [-0.4, -0.2) is 6.04 Å². The van der Waals surface area contributed by atoms with Crippen molar-refractivity contribution < 1.29 is 0 Å². The molecule has 0 fully saturated rings. The maximum absolute atomic E-state index is 6.28. The number of rotatable bonds is 4. The van der Waals surface area contributed by atoms with Gasteiger partial charge in [0, 0.05) is 17.6 Å². The summed E-state index contributed by atoms with van der Waals surface area (Å²) in [6, 6.07) is 13.3. The Morgan fingerprint density at radius 2 is 1.60 bits per heavy atom. The van der Waals surface area contributed by atoms with Gasteiger partial charge in [-0.2, -0.15) is 0 Å². The third kappa shape index (κ3) is 3.62. The maximum Gasteiger partial charge on any atom is 0.0451 e. The van der Waals surface area contributed by atoms with Gasteiger partial charge >= 0.3 is 0 Å². The first-order valence-corrected chi connectivity index (χ1v) is 7.44. The fourth-order valence-electron chi connectivity index (χ4n) is 2.12. The number of benzene rings is 2. The highest BCUT2D eigenvalue weighted by atomic mass is 35.5. The van der Waals surface area contributed by atoms with Crippen LogP contribution >= 0.6 is 11.6 Å². The first-order chi connectivity index (χ1) is 9.47. The van der Waals surface area contributed by atoms with Crippen molar-refractivity contribution in [3.63, 3.8) is 0 Å². The van der Waals surface area contributed by atoms with Gasteiger partial charge in [-0.1, -0.05) is 49.7 Å². The Kier molecular flexibility index (Phi) is 4.85. The van der Waals surface area contributed by atoms with E-state index in [4.69, 9.17) is 11.6 Å². The first kappa shape index (κ1) is 15.1. The van der Waals surface area contributed by atoms with E-state index in [2.05, 4.69) is 63.3 Å². The summed E-state index contributed by atoms with van der Waals surface area (Å²) in [6.45, 7) is 9.37. The van der Waals surface area contributed by atoms with Crippen molar-refractivity contribution in [3.8, 4) is 11.1 Å². The summed E-state index contributed by atoms with van der Waals surface area (Å²) in [7, 11) is 0. The Morgan fingerprint density at radius 1 is 0.950 bits per heavy atom. The molecule has 0 aromatic heterocycles. The van der Waals surface area contributed by atoms with Gasteiger partial charge in [0.05, 0.1) is 0 Å². The Balaban J connectivity index is 2.32. The molecule has 106 valence electrons. The second-order valence-corrected chi connectivity index (χ2v) is 6.05. The van der Waals surface area contributed by atoms with E-state index in [-0.39, 0.29) is 0 Å². The maximum atomic E-state index is 6.28. The van der Waals surface area contributed by atoms with Gasteiger partial charge in [0.1, 0.15) is 0 Å². The van der Waals surface area contributed by atoms with Crippen molar-refractivity contribution in [3.05, 3.63) is 58.1 Å². The second kappa shape index (κ2) is 6.43. The lowest BCUT2D eigenvalue weighted by Crippen LogP contribution is -2.21. The molecule has 0 saturated heterocycles. The van der Waals surface area contributed by atoms with E-state index in [1.807, 2.05) is 6.07 Å². The van der Waals surface area contributed by atoms with Crippen LogP contribution in [0.15, 0.2) is 36.4 Å². The molecular weight excluding hydrogens is 266 g/mol. The summed E-state index contributed by atoms with van der Waals surface area (Å²) < 4.78 is 0. The zero-order valence-corrected chi connectivity index (χ0v) is 13.4. The normalized spacial score (nSPS) is 11.1. The van der Waals surface area contributed by atoms with E-state index in [0.29, 0.717) is 6.04 Å². The van der Waals surface area contributed by atoms with Crippen molar-refractivity contribution in [1.82, 2.24) is 5.32 Å². The van der Waals surface area contributed by atoms with Crippen LogP contribution in [0.2, 0.25) is 5.02 Å². The molecule has 0 saturated carbocycles. The molecule has 0 aliphatic heterocycles. The predicted octanol–water partition coefficient (Wildman–Crippen LogP) is 5.12. The summed E-state index contributed by atoms with van der Waals surface area (Å²) >= 11 is 6.28. The lowest BCUT2D eigenvalue weighted by Gasteiger charge is -2.12. The molecule has 0 bridgehead atoms. The van der Waals surface area contributed by atoms with Crippen LogP contribution in [0.5, 0.6) is 0 Å². The average Bonchev–Trinajstić information content (AvgIpc) is 2.41. The largest absolute Gasteiger partial charge is 0.310 e. The number of aryl methyl sites for hydroxylation is 2. The van der Waals surface area contributed by atoms with Crippen LogP contribution in [0.3, 0.4) is 0 Å². The standard InChI is InChI=1S/C18H22ClN/c1-12(2)20-11-17-10-16(7-8-18(17)19)15-6-5-13(3)14(4)9-15/h5-10,12,20H,11H2,1-4H3. The number of halogens is 1. The van der Waals surface area contributed by atoms with Crippen molar-refractivity contribution >= 4 is 11.6 Å². The van der Waals surface area contributed by atoms with Gasteiger partial charge in [0.2, 0.25) is 0 Å². The molecule has 0 unspecified atom stereocenters. The van der Waals surface area contributed by atoms with Gasteiger partial charge < -0.3 is 5.32 Å². The van der Waals surface area contributed by atoms with Crippen molar-refractivity contribution in [2.45, 2.75) is 40.3 Å². The monoisotopic (exact) mass is 287 g/mol. The highest BCUT2D eigenvalue weighted by Gasteiger charge is 2.05. The third-order valence-electron chi connectivity index (χ3n) is 3.59. The Bertz CT molecular complexity index is 602. The molecule has 2 rings (SSSR count). The Hall–Kier alpha value is -1.31. The second-order valence-electron chi connectivity index (χ2n) is 5.64. The fourth-order valence-corrected chi connectivity index (χ4v) is 2.31.